The number of hydrogen-bond donors (Lipinski definition) is 0. The fraction of sp³-hybridized carbons (Fsp3) is 0.364. The second-order valence-corrected chi connectivity index (χ2v) is 11.1. The maximum atomic E-state index is 12.8. The summed E-state index contributed by atoms with van der Waals surface area (Å²) in [4.78, 5) is 19.2. The molecule has 30 heavy (non-hydrogen) atoms. The lowest BCUT2D eigenvalue weighted by Crippen LogP contribution is -2.38. The van der Waals surface area contributed by atoms with Gasteiger partial charge in [0.05, 0.1) is 31.1 Å². The van der Waals surface area contributed by atoms with Crippen molar-refractivity contribution in [2.24, 2.45) is 4.99 Å². The number of carbonyl (C=O) groups excluding carboxylic acids is 1. The first-order chi connectivity index (χ1) is 14.3. The van der Waals surface area contributed by atoms with Gasteiger partial charge in [-0.15, -0.1) is 0 Å². The highest BCUT2D eigenvalue weighted by molar-refractivity contribution is 8.16. The molecule has 8 heteroatoms. The molecule has 158 valence electrons. The molecule has 0 bridgehead atoms. The molecule has 0 saturated carbocycles. The summed E-state index contributed by atoms with van der Waals surface area (Å²) in [5, 5.41) is 0.459. The van der Waals surface area contributed by atoms with Crippen molar-refractivity contribution in [3.05, 3.63) is 59.2 Å². The third-order valence-electron chi connectivity index (χ3n) is 5.45. The fourth-order valence-corrected chi connectivity index (χ4v) is 7.91. The van der Waals surface area contributed by atoms with Gasteiger partial charge in [-0.05, 0) is 37.1 Å². The number of amides is 1. The molecule has 0 aromatic heterocycles. The Morgan fingerprint density at radius 3 is 2.73 bits per heavy atom. The second-order valence-electron chi connectivity index (χ2n) is 7.74. The van der Waals surface area contributed by atoms with Crippen molar-refractivity contribution in [3.63, 3.8) is 0 Å². The van der Waals surface area contributed by atoms with Crippen LogP contribution in [0.1, 0.15) is 16.7 Å². The van der Waals surface area contributed by atoms with E-state index in [9.17, 15) is 13.2 Å². The Morgan fingerprint density at radius 1 is 1.20 bits per heavy atom. The highest BCUT2D eigenvalue weighted by Crippen LogP contribution is 2.42. The molecule has 2 aliphatic rings. The number of fused-ring (bicyclic) bond motifs is 1. The second kappa shape index (κ2) is 8.07. The molecular formula is C22H24N2O4S2. The number of aliphatic imine (C=N–C) groups is 1. The number of nitrogens with zero attached hydrogens (tertiary/aromatic N) is 2. The van der Waals surface area contributed by atoms with E-state index in [0.29, 0.717) is 10.9 Å². The van der Waals surface area contributed by atoms with Gasteiger partial charge in [-0.3, -0.25) is 4.79 Å². The number of methoxy groups -OCH3 is 1. The average molecular weight is 445 g/mol. The van der Waals surface area contributed by atoms with E-state index in [1.165, 1.54) is 11.8 Å². The van der Waals surface area contributed by atoms with Crippen LogP contribution in [0.2, 0.25) is 0 Å². The monoisotopic (exact) mass is 444 g/mol. The van der Waals surface area contributed by atoms with Crippen LogP contribution >= 0.6 is 11.8 Å². The van der Waals surface area contributed by atoms with E-state index in [2.05, 4.69) is 4.99 Å². The molecule has 0 radical (unpaired) electrons. The maximum absolute atomic E-state index is 12.8. The van der Waals surface area contributed by atoms with Crippen molar-refractivity contribution in [1.82, 2.24) is 0 Å². The quantitative estimate of drug-likeness (QED) is 0.721. The number of carbonyl (C=O) groups is 1. The summed E-state index contributed by atoms with van der Waals surface area (Å²) in [7, 11) is -1.52. The minimum atomic E-state index is -3.10. The zero-order chi connectivity index (χ0) is 21.5. The van der Waals surface area contributed by atoms with E-state index in [1.807, 2.05) is 61.2 Å². The third-order valence-corrected chi connectivity index (χ3v) is 8.66. The lowest BCUT2D eigenvalue weighted by atomic mass is 10.1. The number of para-hydroxylation sites is 1. The third kappa shape index (κ3) is 4.11. The zero-order valence-corrected chi connectivity index (χ0v) is 18.8. The summed E-state index contributed by atoms with van der Waals surface area (Å²) < 4.78 is 29.8. The van der Waals surface area contributed by atoms with Crippen LogP contribution in [-0.2, 0) is 21.1 Å². The number of ether oxygens (including phenoxy) is 1. The average Bonchev–Trinajstić information content (AvgIpc) is 3.15. The van der Waals surface area contributed by atoms with Crippen molar-refractivity contribution in [1.29, 1.82) is 0 Å². The molecule has 2 atom stereocenters. The van der Waals surface area contributed by atoms with Gasteiger partial charge in [0.1, 0.15) is 5.75 Å². The molecule has 2 heterocycles. The number of thioether (sulfide) groups is 1. The summed E-state index contributed by atoms with van der Waals surface area (Å²) in [6.07, 6.45) is 0.127. The van der Waals surface area contributed by atoms with Crippen molar-refractivity contribution in [2.45, 2.75) is 31.6 Å². The Hall–Kier alpha value is -2.32. The predicted octanol–water partition coefficient (Wildman–Crippen LogP) is 3.16. The Morgan fingerprint density at radius 2 is 1.97 bits per heavy atom. The number of rotatable bonds is 4. The van der Waals surface area contributed by atoms with Gasteiger partial charge >= 0.3 is 0 Å². The molecule has 6 nitrogen and oxygen atoms in total. The SMILES string of the molecule is COc1ccccc1CC(=O)N=C1S[C@H]2CS(=O)(=O)C[C@@H]2N1c1cc(C)ccc1C. The first-order valence-corrected chi connectivity index (χ1v) is 12.4. The zero-order valence-electron chi connectivity index (χ0n) is 17.2. The van der Waals surface area contributed by atoms with Crippen LogP contribution in [0.15, 0.2) is 47.5 Å². The van der Waals surface area contributed by atoms with Crippen LogP contribution in [0.25, 0.3) is 0 Å². The molecule has 1 amide bonds. The molecule has 2 aromatic rings. The van der Waals surface area contributed by atoms with Crippen molar-refractivity contribution < 1.29 is 17.9 Å². The van der Waals surface area contributed by atoms with E-state index in [-0.39, 0.29) is 35.1 Å². The van der Waals surface area contributed by atoms with Gasteiger partial charge in [0.25, 0.3) is 5.91 Å². The lowest BCUT2D eigenvalue weighted by Gasteiger charge is -2.26. The smallest absolute Gasteiger partial charge is 0.252 e. The Labute approximate surface area is 181 Å². The number of anilines is 1. The van der Waals surface area contributed by atoms with Gasteiger partial charge in [-0.1, -0.05) is 42.1 Å². The maximum Gasteiger partial charge on any atom is 0.252 e. The molecule has 0 N–H and O–H groups in total. The van der Waals surface area contributed by atoms with Gasteiger partial charge in [0.15, 0.2) is 15.0 Å². The first-order valence-electron chi connectivity index (χ1n) is 9.74. The minimum absolute atomic E-state index is 0.0811. The molecule has 2 aliphatic heterocycles. The normalized spacial score (nSPS) is 23.6. The van der Waals surface area contributed by atoms with Crippen LogP contribution in [-0.4, -0.2) is 49.4 Å². The summed E-state index contributed by atoms with van der Waals surface area (Å²) in [6, 6.07) is 13.2. The number of amidine groups is 1. The highest BCUT2D eigenvalue weighted by atomic mass is 32.2. The van der Waals surface area contributed by atoms with E-state index < -0.39 is 9.84 Å². The molecule has 0 unspecified atom stereocenters. The van der Waals surface area contributed by atoms with Crippen molar-refractivity contribution in [3.8, 4) is 5.75 Å². The largest absolute Gasteiger partial charge is 0.496 e. The molecular weight excluding hydrogens is 420 g/mol. The van der Waals surface area contributed by atoms with E-state index in [1.54, 1.807) is 7.11 Å². The molecule has 4 rings (SSSR count). The first kappa shape index (κ1) is 20.9. The topological polar surface area (TPSA) is 76.0 Å². The Balaban J connectivity index is 1.69. The van der Waals surface area contributed by atoms with Gasteiger partial charge in [0.2, 0.25) is 0 Å². The van der Waals surface area contributed by atoms with Gasteiger partial charge in [-0.25, -0.2) is 8.42 Å². The van der Waals surface area contributed by atoms with Crippen molar-refractivity contribution in [2.75, 3.05) is 23.5 Å². The van der Waals surface area contributed by atoms with Gasteiger partial charge in [-0.2, -0.15) is 4.99 Å². The van der Waals surface area contributed by atoms with Gasteiger partial charge in [0, 0.05) is 16.5 Å². The molecule has 2 aromatic carbocycles. The summed E-state index contributed by atoms with van der Waals surface area (Å²) in [5.74, 6) is 0.570. The minimum Gasteiger partial charge on any atom is -0.496 e. The summed E-state index contributed by atoms with van der Waals surface area (Å²) >= 11 is 1.39. The standard InChI is InChI=1S/C22H24N2O4S2/c1-14-8-9-15(2)17(10-14)24-18-12-30(26,27)13-20(18)29-22(24)23-21(25)11-16-6-4-5-7-19(16)28-3/h4-10,18,20H,11-13H2,1-3H3/t18-,20-/m0/s1. The van der Waals surface area contributed by atoms with E-state index in [4.69, 9.17) is 4.74 Å². The predicted molar refractivity (Wildman–Crippen MR) is 121 cm³/mol. The number of sulfone groups is 1. The highest BCUT2D eigenvalue weighted by Gasteiger charge is 2.49. The van der Waals surface area contributed by atoms with Crippen LogP contribution in [0.4, 0.5) is 5.69 Å². The lowest BCUT2D eigenvalue weighted by molar-refractivity contribution is -0.117. The van der Waals surface area contributed by atoms with Crippen LogP contribution in [0.5, 0.6) is 5.75 Å². The number of aryl methyl sites for hydroxylation is 2. The van der Waals surface area contributed by atoms with Crippen LogP contribution in [0.3, 0.4) is 0 Å². The Kier molecular flexibility index (Phi) is 5.63. The molecule has 0 aliphatic carbocycles. The van der Waals surface area contributed by atoms with Crippen molar-refractivity contribution >= 4 is 38.4 Å². The summed E-state index contributed by atoms with van der Waals surface area (Å²) in [5.41, 5.74) is 3.79. The fourth-order valence-electron chi connectivity index (χ4n) is 3.98. The van der Waals surface area contributed by atoms with Crippen LogP contribution in [0, 0.1) is 13.8 Å². The summed E-state index contributed by atoms with van der Waals surface area (Å²) in [6.45, 7) is 3.99. The van der Waals surface area contributed by atoms with Gasteiger partial charge < -0.3 is 9.64 Å². The Bertz CT molecular complexity index is 1130. The van der Waals surface area contributed by atoms with Crippen LogP contribution < -0.4 is 9.64 Å². The van der Waals surface area contributed by atoms with E-state index >= 15 is 0 Å². The number of hydrogen-bond acceptors (Lipinski definition) is 5. The molecule has 2 saturated heterocycles. The molecule has 0 spiro atoms. The van der Waals surface area contributed by atoms with E-state index in [0.717, 1.165) is 22.4 Å². The number of benzene rings is 2. The molecule has 2 fully saturated rings.